The lowest BCUT2D eigenvalue weighted by atomic mass is 9.97. The minimum Gasteiger partial charge on any atom is -0.393 e. The molecule has 8 heteroatoms. The van der Waals surface area contributed by atoms with E-state index >= 15 is 0 Å². The van der Waals surface area contributed by atoms with Gasteiger partial charge in [-0.2, -0.15) is 5.10 Å². The number of aryl methyl sites for hydroxylation is 1. The van der Waals surface area contributed by atoms with Gasteiger partial charge in [0.05, 0.1) is 24.2 Å². The van der Waals surface area contributed by atoms with Gasteiger partial charge in [-0.15, -0.1) is 0 Å². The number of piperidine rings is 1. The lowest BCUT2D eigenvalue weighted by molar-refractivity contribution is 0.0311. The highest BCUT2D eigenvalue weighted by molar-refractivity contribution is 5.86. The predicted octanol–water partition coefficient (Wildman–Crippen LogP) is -0.148. The predicted molar refractivity (Wildman–Crippen MR) is 79.2 cm³/mol. The summed E-state index contributed by atoms with van der Waals surface area (Å²) in [5, 5.41) is 14.8. The molecule has 114 valence electrons. The Kier molecular flexibility index (Phi) is 3.75. The maximum Gasteiger partial charge on any atom is 0.163 e. The lowest BCUT2D eigenvalue weighted by Gasteiger charge is -2.33. The molecule has 21 heavy (non-hydrogen) atoms. The summed E-state index contributed by atoms with van der Waals surface area (Å²) < 4.78 is 1.71. The third kappa shape index (κ3) is 2.69. The highest BCUT2D eigenvalue weighted by Crippen LogP contribution is 2.21. The van der Waals surface area contributed by atoms with Gasteiger partial charge < -0.3 is 10.5 Å². The number of nitrogens with zero attached hydrogens (tertiary/aromatic N) is 5. The van der Waals surface area contributed by atoms with E-state index in [2.05, 4.69) is 32.3 Å². The number of hydrogen-bond donors (Lipinski definition) is 3. The summed E-state index contributed by atoms with van der Waals surface area (Å²) in [6.45, 7) is 4.41. The van der Waals surface area contributed by atoms with Gasteiger partial charge >= 0.3 is 0 Å². The van der Waals surface area contributed by atoms with Crippen LogP contribution in [0, 0.1) is 5.92 Å². The molecule has 3 rings (SSSR count). The molecule has 2 aromatic rings. The van der Waals surface area contributed by atoms with E-state index in [-0.39, 0.29) is 12.0 Å². The number of fused-ring (bicyclic) bond motifs is 1. The third-order valence-corrected chi connectivity index (χ3v) is 4.08. The maximum atomic E-state index is 9.80. The first-order chi connectivity index (χ1) is 10.1. The molecule has 3 heterocycles. The average molecular weight is 291 g/mol. The van der Waals surface area contributed by atoms with Crippen LogP contribution in [-0.4, -0.2) is 48.9 Å². The van der Waals surface area contributed by atoms with Crippen molar-refractivity contribution in [3.8, 4) is 0 Å². The molecule has 1 aliphatic heterocycles. The Balaban J connectivity index is 1.85. The molecule has 2 aromatic heterocycles. The van der Waals surface area contributed by atoms with Gasteiger partial charge in [0, 0.05) is 20.1 Å². The molecular formula is C13H21N7O. The van der Waals surface area contributed by atoms with E-state index in [4.69, 9.17) is 5.84 Å². The minimum absolute atomic E-state index is 0.206. The fourth-order valence-electron chi connectivity index (χ4n) is 2.81. The van der Waals surface area contributed by atoms with Gasteiger partial charge in [0.15, 0.2) is 11.5 Å². The molecule has 0 aliphatic carbocycles. The van der Waals surface area contributed by atoms with Gasteiger partial charge in [0.2, 0.25) is 0 Å². The van der Waals surface area contributed by atoms with Gasteiger partial charge in [0.1, 0.15) is 5.82 Å². The number of likely N-dealkylation sites (tertiary alicyclic amines) is 1. The van der Waals surface area contributed by atoms with E-state index in [9.17, 15) is 5.11 Å². The fourth-order valence-corrected chi connectivity index (χ4v) is 2.81. The van der Waals surface area contributed by atoms with E-state index < -0.39 is 0 Å². The zero-order valence-electron chi connectivity index (χ0n) is 12.3. The van der Waals surface area contributed by atoms with Crippen molar-refractivity contribution in [3.63, 3.8) is 0 Å². The number of nitrogens with one attached hydrogen (secondary N) is 1. The van der Waals surface area contributed by atoms with E-state index in [0.29, 0.717) is 18.2 Å². The molecule has 0 saturated carbocycles. The molecule has 0 spiro atoms. The first-order valence-corrected chi connectivity index (χ1v) is 7.14. The standard InChI is InChI=1S/C13H21N7O/c1-8-6-20(4-3-10(8)21)7-11-16-12(18-14)9-5-15-19(2)13(9)17-11/h5,8,10,21H,3-4,6-7,14H2,1-2H3,(H,16,17,18). The van der Waals surface area contributed by atoms with E-state index in [0.717, 1.165) is 30.5 Å². The number of hydrogen-bond acceptors (Lipinski definition) is 7. The Bertz CT molecular complexity index is 641. The first-order valence-electron chi connectivity index (χ1n) is 7.14. The van der Waals surface area contributed by atoms with Crippen LogP contribution >= 0.6 is 0 Å². The van der Waals surface area contributed by atoms with Gasteiger partial charge in [-0.3, -0.25) is 9.58 Å². The maximum absolute atomic E-state index is 9.80. The van der Waals surface area contributed by atoms with Crippen molar-refractivity contribution >= 4 is 16.9 Å². The molecule has 1 fully saturated rings. The Morgan fingerprint density at radius 2 is 2.29 bits per heavy atom. The molecule has 1 aliphatic rings. The number of aliphatic hydroxyl groups is 1. The van der Waals surface area contributed by atoms with Crippen LogP contribution in [0.5, 0.6) is 0 Å². The van der Waals surface area contributed by atoms with Crippen molar-refractivity contribution in [1.82, 2.24) is 24.6 Å². The second kappa shape index (κ2) is 5.55. The number of hydrazine groups is 1. The molecule has 2 atom stereocenters. The highest BCUT2D eigenvalue weighted by atomic mass is 16.3. The van der Waals surface area contributed by atoms with Crippen LogP contribution in [0.25, 0.3) is 11.0 Å². The van der Waals surface area contributed by atoms with Crippen molar-refractivity contribution in [1.29, 1.82) is 0 Å². The van der Waals surface area contributed by atoms with E-state index in [1.807, 2.05) is 7.05 Å². The molecule has 2 unspecified atom stereocenters. The fraction of sp³-hybridized carbons (Fsp3) is 0.615. The second-order valence-corrected chi connectivity index (χ2v) is 5.71. The van der Waals surface area contributed by atoms with E-state index in [1.54, 1.807) is 10.9 Å². The Morgan fingerprint density at radius 1 is 1.48 bits per heavy atom. The summed E-state index contributed by atoms with van der Waals surface area (Å²) in [5.74, 6) is 7.11. The van der Waals surface area contributed by atoms with Crippen LogP contribution in [0.3, 0.4) is 0 Å². The van der Waals surface area contributed by atoms with Crippen LogP contribution in [-0.2, 0) is 13.6 Å². The van der Waals surface area contributed by atoms with E-state index in [1.165, 1.54) is 0 Å². The SMILES string of the molecule is CC1CN(Cc2nc(NN)c3cnn(C)c3n2)CCC1O. The smallest absolute Gasteiger partial charge is 0.163 e. The summed E-state index contributed by atoms with van der Waals surface area (Å²) in [4.78, 5) is 11.3. The molecule has 0 aromatic carbocycles. The molecule has 0 radical (unpaired) electrons. The number of rotatable bonds is 3. The van der Waals surface area contributed by atoms with Gasteiger partial charge in [0.25, 0.3) is 0 Å². The molecule has 0 bridgehead atoms. The zero-order valence-corrected chi connectivity index (χ0v) is 12.3. The lowest BCUT2D eigenvalue weighted by Crippen LogP contribution is -2.41. The van der Waals surface area contributed by atoms with Crippen LogP contribution in [0.2, 0.25) is 0 Å². The van der Waals surface area contributed by atoms with Crippen LogP contribution in [0.15, 0.2) is 6.20 Å². The summed E-state index contributed by atoms with van der Waals surface area (Å²) in [5.41, 5.74) is 3.38. The Morgan fingerprint density at radius 3 is 3.00 bits per heavy atom. The molecular weight excluding hydrogens is 270 g/mol. The molecule has 4 N–H and O–H groups in total. The summed E-state index contributed by atoms with van der Waals surface area (Å²) in [6, 6.07) is 0. The Hall–Kier alpha value is -1.77. The molecule has 8 nitrogen and oxygen atoms in total. The Labute approximate surface area is 122 Å². The molecule has 0 amide bonds. The number of aliphatic hydroxyl groups excluding tert-OH is 1. The van der Waals surface area contributed by atoms with Crippen molar-refractivity contribution in [3.05, 3.63) is 12.0 Å². The topological polar surface area (TPSA) is 105 Å². The highest BCUT2D eigenvalue weighted by Gasteiger charge is 2.25. The number of nitrogen functional groups attached to an aromatic ring is 1. The second-order valence-electron chi connectivity index (χ2n) is 5.71. The first kappa shape index (κ1) is 14.2. The van der Waals surface area contributed by atoms with Crippen molar-refractivity contribution in [2.45, 2.75) is 26.0 Å². The van der Waals surface area contributed by atoms with Crippen LogP contribution < -0.4 is 11.3 Å². The van der Waals surface area contributed by atoms with Gasteiger partial charge in [-0.05, 0) is 12.3 Å². The average Bonchev–Trinajstić information content (AvgIpc) is 2.84. The molecule has 1 saturated heterocycles. The number of aromatic nitrogens is 4. The monoisotopic (exact) mass is 291 g/mol. The summed E-state index contributed by atoms with van der Waals surface area (Å²) in [7, 11) is 1.85. The van der Waals surface area contributed by atoms with Gasteiger partial charge in [-0.25, -0.2) is 15.8 Å². The zero-order chi connectivity index (χ0) is 15.0. The summed E-state index contributed by atoms with van der Waals surface area (Å²) >= 11 is 0. The van der Waals surface area contributed by atoms with Crippen molar-refractivity contribution in [2.75, 3.05) is 18.5 Å². The number of anilines is 1. The van der Waals surface area contributed by atoms with Crippen LogP contribution in [0.4, 0.5) is 5.82 Å². The van der Waals surface area contributed by atoms with Crippen molar-refractivity contribution < 1.29 is 5.11 Å². The number of nitrogens with two attached hydrogens (primary N) is 1. The normalized spacial score (nSPS) is 23.6. The largest absolute Gasteiger partial charge is 0.393 e. The van der Waals surface area contributed by atoms with Crippen LogP contribution in [0.1, 0.15) is 19.2 Å². The summed E-state index contributed by atoms with van der Waals surface area (Å²) in [6.07, 6.45) is 2.29. The van der Waals surface area contributed by atoms with Gasteiger partial charge in [-0.1, -0.05) is 6.92 Å². The third-order valence-electron chi connectivity index (χ3n) is 4.08. The quantitative estimate of drug-likeness (QED) is 0.533. The minimum atomic E-state index is -0.206. The van der Waals surface area contributed by atoms with Crippen molar-refractivity contribution in [2.24, 2.45) is 18.8 Å².